The summed E-state index contributed by atoms with van der Waals surface area (Å²) in [5, 5.41) is 5.54. The van der Waals surface area contributed by atoms with Crippen molar-refractivity contribution in [3.05, 3.63) is 35.4 Å². The molecule has 69 heavy (non-hydrogen) atoms. The molecule has 26 heteroatoms. The van der Waals surface area contributed by atoms with Crippen molar-refractivity contribution in [3.63, 3.8) is 0 Å². The van der Waals surface area contributed by atoms with Gasteiger partial charge in [-0.05, 0) is 69.3 Å². The molecule has 3 fully saturated rings. The number of thioether (sulfide) groups is 1. The zero-order valence-electron chi connectivity index (χ0n) is 38.3. The quantitative estimate of drug-likeness (QED) is 0.0557. The van der Waals surface area contributed by atoms with E-state index in [4.69, 9.17) is 33.0 Å². The Morgan fingerprint density at radius 1 is 0.768 bits per heavy atom. The number of nitrogens with two attached hydrogens (primary N) is 1. The number of anilines is 2. The van der Waals surface area contributed by atoms with Crippen LogP contribution in [-0.2, 0) is 50.0 Å². The number of primary amides is 1. The summed E-state index contributed by atoms with van der Waals surface area (Å²) in [6, 6.07) is 5.17. The molecule has 0 bridgehead atoms. The number of imide groups is 1. The lowest BCUT2D eigenvalue weighted by Crippen LogP contribution is -2.45. The average Bonchev–Trinajstić information content (AvgIpc) is 4.04. The molecule has 0 aliphatic carbocycles. The topological polar surface area (TPSA) is 298 Å². The van der Waals surface area contributed by atoms with Gasteiger partial charge in [-0.25, -0.2) is 8.42 Å². The van der Waals surface area contributed by atoms with E-state index < -0.39 is 65.6 Å². The number of hydrogen-bond acceptors (Lipinski definition) is 19. The summed E-state index contributed by atoms with van der Waals surface area (Å²) in [6.07, 6.45) is 2.82. The number of nitrogens with one attached hydrogen (secondary N) is 2. The van der Waals surface area contributed by atoms with Crippen LogP contribution >= 0.6 is 18.9 Å². The maximum absolute atomic E-state index is 14.8. The zero-order chi connectivity index (χ0) is 49.4. The molecule has 2 aromatic rings. The van der Waals surface area contributed by atoms with Crippen molar-refractivity contribution < 1.29 is 73.4 Å². The second-order valence-electron chi connectivity index (χ2n) is 17.2. The van der Waals surface area contributed by atoms with Crippen LogP contribution in [0.15, 0.2) is 24.3 Å². The van der Waals surface area contributed by atoms with Crippen molar-refractivity contribution in [3.8, 4) is 23.0 Å². The number of likely N-dealkylation sites (tertiary alicyclic amines) is 1. The Bertz CT molecular complexity index is 2240. The highest BCUT2D eigenvalue weighted by Crippen LogP contribution is 2.48. The third-order valence-corrected chi connectivity index (χ3v) is 18.2. The first-order chi connectivity index (χ1) is 33.1. The third-order valence-electron chi connectivity index (χ3n) is 12.8. The SMILES string of the molecule is COc1cc2c(cc1OCCCP(=O)(CCCOc1cc3c(cc1OC)C(=O)N1CCC[C@H]1C(OS(=O)[O-])N3)CCCSC1CC(=O)N(CCCC(N)=O)C1=O)NC(OS(=O)[O-])[C@@H]1CCCN1C2=O. The summed E-state index contributed by atoms with van der Waals surface area (Å²) < 4.78 is 95.1. The van der Waals surface area contributed by atoms with Gasteiger partial charge in [0.25, 0.3) is 11.8 Å². The number of fused-ring (bicyclic) bond motifs is 4. The molecule has 3 saturated heterocycles. The van der Waals surface area contributed by atoms with Gasteiger partial charge in [-0.15, -0.1) is 11.8 Å². The maximum atomic E-state index is 14.8. The first-order valence-electron chi connectivity index (χ1n) is 22.8. The number of hydrogen-bond donors (Lipinski definition) is 3. The molecule has 22 nitrogen and oxygen atoms in total. The minimum atomic E-state index is -2.97. The number of carbonyl (C=O) groups is 5. The summed E-state index contributed by atoms with van der Waals surface area (Å²) >= 11 is -4.38. The van der Waals surface area contributed by atoms with Gasteiger partial charge >= 0.3 is 0 Å². The Morgan fingerprint density at radius 2 is 1.26 bits per heavy atom. The molecule has 5 heterocycles. The molecule has 0 radical (unpaired) electrons. The van der Waals surface area contributed by atoms with Crippen molar-refractivity contribution in [1.82, 2.24) is 14.7 Å². The van der Waals surface area contributed by atoms with Gasteiger partial charge in [-0.1, -0.05) is 0 Å². The van der Waals surface area contributed by atoms with Gasteiger partial charge in [-0.2, -0.15) is 0 Å². The minimum Gasteiger partial charge on any atom is -0.750 e. The van der Waals surface area contributed by atoms with Gasteiger partial charge in [0.1, 0.15) is 0 Å². The van der Waals surface area contributed by atoms with E-state index in [9.17, 15) is 46.1 Å². The Balaban J connectivity index is 1.01. The third kappa shape index (κ3) is 12.7. The van der Waals surface area contributed by atoms with Crippen molar-refractivity contribution in [1.29, 1.82) is 0 Å². The van der Waals surface area contributed by atoms with E-state index in [2.05, 4.69) is 10.6 Å². The van der Waals surface area contributed by atoms with E-state index >= 15 is 0 Å². The molecule has 5 aliphatic rings. The molecule has 7 rings (SSSR count). The number of ether oxygens (including phenoxy) is 4. The Labute approximate surface area is 409 Å². The molecule has 2 aromatic carbocycles. The minimum absolute atomic E-state index is 0.0351. The Hall–Kier alpha value is -4.49. The van der Waals surface area contributed by atoms with Crippen LogP contribution < -0.4 is 35.3 Å². The number of nitrogens with zero attached hydrogens (tertiary/aromatic N) is 3. The zero-order valence-corrected chi connectivity index (χ0v) is 41.6. The van der Waals surface area contributed by atoms with E-state index in [0.29, 0.717) is 81.3 Å². The van der Waals surface area contributed by atoms with Crippen LogP contribution in [0.5, 0.6) is 23.0 Å². The number of carbonyl (C=O) groups excluding carboxylic acids is 5. The van der Waals surface area contributed by atoms with Crippen molar-refractivity contribution in [2.45, 2.75) is 94.0 Å². The molecule has 5 unspecified atom stereocenters. The molecule has 0 spiro atoms. The Kier molecular flexibility index (Phi) is 17.9. The summed E-state index contributed by atoms with van der Waals surface area (Å²) in [5.41, 5.74) is 6.36. The summed E-state index contributed by atoms with van der Waals surface area (Å²) in [4.78, 5) is 68.4. The van der Waals surface area contributed by atoms with Crippen LogP contribution in [0.1, 0.15) is 84.9 Å². The fourth-order valence-electron chi connectivity index (χ4n) is 9.54. The standard InChI is InChI=1S/C43H59N6O16PS3/c1-60-32-21-26-28(45-39(64-68(56)57)30-9-3-12-47(30)41(26)52)23-34(32)62-15-6-17-66(55,19-8-20-67-36-25-38(51)49(43(36)54)14-5-11-37(44)50)18-7-16-63-35-24-29-27(22-33(35)61-2)42(53)48-13-4-10-31(48)40(46-29)65-69(58)59/h21-24,30-31,36,39-40,45-46H,3-20,25H2,1-2H3,(H2,44,50)(H,56,57)(H,58,59)/p-2/t30-,31-,36?,39?,40?,66?/m0/s1. The van der Waals surface area contributed by atoms with Crippen LogP contribution in [0.2, 0.25) is 0 Å². The van der Waals surface area contributed by atoms with E-state index in [1.807, 2.05) is 0 Å². The van der Waals surface area contributed by atoms with Gasteiger partial charge in [0.05, 0.1) is 97.1 Å². The second kappa shape index (κ2) is 23.6. The summed E-state index contributed by atoms with van der Waals surface area (Å²) in [5.74, 6) is -0.217. The second-order valence-corrected chi connectivity index (χ2v) is 23.2. The predicted octanol–water partition coefficient (Wildman–Crippen LogP) is 3.16. The van der Waals surface area contributed by atoms with Gasteiger partial charge in [0, 0.05) is 63.1 Å². The average molecular weight is 1040 g/mol. The van der Waals surface area contributed by atoms with Gasteiger partial charge in [0.2, 0.25) is 17.7 Å². The lowest BCUT2D eigenvalue weighted by molar-refractivity contribution is -0.138. The Morgan fingerprint density at radius 3 is 1.72 bits per heavy atom. The van der Waals surface area contributed by atoms with E-state index in [-0.39, 0.29) is 109 Å². The first-order valence-corrected chi connectivity index (χ1v) is 28.1. The predicted molar refractivity (Wildman–Crippen MR) is 252 cm³/mol. The molecule has 5 amide bonds. The number of amides is 5. The maximum Gasteiger partial charge on any atom is 0.256 e. The summed E-state index contributed by atoms with van der Waals surface area (Å²) in [7, 11) is -0.106. The lowest BCUT2D eigenvalue weighted by atomic mass is 10.1. The van der Waals surface area contributed by atoms with E-state index in [1.165, 1.54) is 43.0 Å². The number of methoxy groups -OCH3 is 2. The van der Waals surface area contributed by atoms with Gasteiger partial charge in [0.15, 0.2) is 35.5 Å². The van der Waals surface area contributed by atoms with Crippen LogP contribution in [-0.4, -0.2) is 163 Å². The first kappa shape index (κ1) is 52.3. The molecule has 380 valence electrons. The van der Waals surface area contributed by atoms with Crippen LogP contribution in [0, 0.1) is 0 Å². The molecular formula is C43H57N6O16PS3-2. The van der Waals surface area contributed by atoms with Crippen molar-refractivity contribution >= 4 is 82.5 Å². The number of rotatable bonds is 25. The molecule has 7 atom stereocenters. The molecule has 0 aromatic heterocycles. The van der Waals surface area contributed by atoms with Crippen LogP contribution in [0.25, 0.3) is 0 Å². The normalized spacial score (nSPS) is 23.7. The fourth-order valence-corrected chi connectivity index (χ4v) is 14.4. The monoisotopic (exact) mass is 1040 g/mol. The van der Waals surface area contributed by atoms with Crippen molar-refractivity contribution in [2.75, 3.05) is 81.9 Å². The smallest absolute Gasteiger partial charge is 0.256 e. The highest BCUT2D eigenvalue weighted by Gasteiger charge is 2.43. The fraction of sp³-hybridized carbons (Fsp3) is 0.605. The van der Waals surface area contributed by atoms with E-state index in [0.717, 1.165) is 0 Å². The van der Waals surface area contributed by atoms with Gasteiger partial charge in [-0.3, -0.25) is 37.2 Å². The number of benzene rings is 2. The largest absolute Gasteiger partial charge is 0.750 e. The highest BCUT2D eigenvalue weighted by molar-refractivity contribution is 8.00. The van der Waals surface area contributed by atoms with Crippen molar-refractivity contribution in [2.24, 2.45) is 5.73 Å². The molecular weight excluding hydrogens is 984 g/mol. The lowest BCUT2D eigenvalue weighted by Gasteiger charge is -2.29. The summed E-state index contributed by atoms with van der Waals surface area (Å²) in [6.45, 7) is 1.19. The highest BCUT2D eigenvalue weighted by atomic mass is 32.2. The van der Waals surface area contributed by atoms with Crippen LogP contribution in [0.3, 0.4) is 0 Å². The van der Waals surface area contributed by atoms with Crippen LogP contribution in [0.4, 0.5) is 11.4 Å². The van der Waals surface area contributed by atoms with E-state index in [1.54, 1.807) is 21.9 Å². The molecule has 0 saturated carbocycles. The molecule has 4 N–H and O–H groups in total. The molecule has 5 aliphatic heterocycles. The van der Waals surface area contributed by atoms with Gasteiger partial charge < -0.3 is 58.8 Å².